The van der Waals surface area contributed by atoms with Crippen molar-refractivity contribution in [3.05, 3.63) is 24.0 Å². The van der Waals surface area contributed by atoms with Crippen LogP contribution in [0.3, 0.4) is 0 Å². The van der Waals surface area contributed by atoms with Crippen molar-refractivity contribution >= 4 is 12.2 Å². The SMILES string of the molecule is C=C1C(N)=NC=NN1C=C(C)C. The average molecular weight is 164 g/mol. The standard InChI is InChI=1S/C8H12N4/c1-6(2)4-12-7(3)8(9)10-5-11-12/h4-5H,3H2,1-2H3,(H2,9,10,11). The summed E-state index contributed by atoms with van der Waals surface area (Å²) < 4.78 is 0. The largest absolute Gasteiger partial charge is 0.382 e. The molecule has 1 rings (SSSR count). The molecule has 0 saturated heterocycles. The second kappa shape index (κ2) is 3.21. The van der Waals surface area contributed by atoms with E-state index in [0.29, 0.717) is 11.5 Å². The van der Waals surface area contributed by atoms with Gasteiger partial charge in [-0.3, -0.25) is 0 Å². The van der Waals surface area contributed by atoms with E-state index in [2.05, 4.69) is 16.7 Å². The summed E-state index contributed by atoms with van der Waals surface area (Å²) in [5, 5.41) is 5.57. The fourth-order valence-electron chi connectivity index (χ4n) is 0.761. The third kappa shape index (κ3) is 1.72. The minimum absolute atomic E-state index is 0.405. The van der Waals surface area contributed by atoms with Crippen molar-refractivity contribution in [1.82, 2.24) is 5.01 Å². The lowest BCUT2D eigenvalue weighted by Gasteiger charge is -2.19. The van der Waals surface area contributed by atoms with Crippen LogP contribution >= 0.6 is 0 Å². The maximum atomic E-state index is 5.53. The zero-order valence-electron chi connectivity index (χ0n) is 7.28. The van der Waals surface area contributed by atoms with Gasteiger partial charge in [0.2, 0.25) is 0 Å². The van der Waals surface area contributed by atoms with E-state index in [0.717, 1.165) is 5.57 Å². The highest BCUT2D eigenvalue weighted by atomic mass is 15.5. The predicted molar refractivity (Wildman–Crippen MR) is 50.5 cm³/mol. The smallest absolute Gasteiger partial charge is 0.150 e. The first kappa shape index (κ1) is 8.52. The second-order valence-electron chi connectivity index (χ2n) is 2.74. The minimum atomic E-state index is 0.405. The van der Waals surface area contributed by atoms with E-state index in [-0.39, 0.29) is 0 Å². The molecule has 0 fully saturated rings. The number of aliphatic imine (C=N–C) groups is 1. The van der Waals surface area contributed by atoms with Crippen LogP contribution in [0.5, 0.6) is 0 Å². The quantitative estimate of drug-likeness (QED) is 0.629. The summed E-state index contributed by atoms with van der Waals surface area (Å²) in [4.78, 5) is 3.80. The van der Waals surface area contributed by atoms with Gasteiger partial charge in [0.1, 0.15) is 6.34 Å². The van der Waals surface area contributed by atoms with Crippen molar-refractivity contribution in [2.24, 2.45) is 15.8 Å². The van der Waals surface area contributed by atoms with Gasteiger partial charge in [0.05, 0.1) is 5.70 Å². The Morgan fingerprint density at radius 2 is 2.33 bits per heavy atom. The van der Waals surface area contributed by atoms with E-state index in [9.17, 15) is 0 Å². The van der Waals surface area contributed by atoms with E-state index in [1.807, 2.05) is 20.0 Å². The Kier molecular flexibility index (Phi) is 2.28. The monoisotopic (exact) mass is 164 g/mol. The molecule has 4 heteroatoms. The summed E-state index contributed by atoms with van der Waals surface area (Å²) in [5.41, 5.74) is 7.27. The van der Waals surface area contributed by atoms with Gasteiger partial charge in [0.15, 0.2) is 5.84 Å². The molecular weight excluding hydrogens is 152 g/mol. The van der Waals surface area contributed by atoms with E-state index >= 15 is 0 Å². The van der Waals surface area contributed by atoms with Crippen LogP contribution < -0.4 is 5.73 Å². The highest BCUT2D eigenvalue weighted by Gasteiger charge is 2.09. The van der Waals surface area contributed by atoms with E-state index in [1.54, 1.807) is 5.01 Å². The third-order valence-electron chi connectivity index (χ3n) is 1.33. The number of nitrogens with two attached hydrogens (primary N) is 1. The Morgan fingerprint density at radius 1 is 1.67 bits per heavy atom. The molecule has 1 aliphatic rings. The molecule has 2 N–H and O–H groups in total. The molecule has 4 nitrogen and oxygen atoms in total. The molecule has 0 aromatic rings. The zero-order valence-corrected chi connectivity index (χ0v) is 7.28. The first-order valence-corrected chi connectivity index (χ1v) is 3.60. The Labute approximate surface area is 71.8 Å². The highest BCUT2D eigenvalue weighted by Crippen LogP contribution is 2.08. The van der Waals surface area contributed by atoms with Crippen LogP contribution in [0.1, 0.15) is 13.8 Å². The van der Waals surface area contributed by atoms with E-state index < -0.39 is 0 Å². The van der Waals surface area contributed by atoms with Crippen molar-refractivity contribution < 1.29 is 0 Å². The number of rotatable bonds is 1. The van der Waals surface area contributed by atoms with E-state index in [1.165, 1.54) is 6.34 Å². The summed E-state index contributed by atoms with van der Waals surface area (Å²) in [6, 6.07) is 0. The molecule has 0 bridgehead atoms. The van der Waals surface area contributed by atoms with Crippen molar-refractivity contribution in [3.8, 4) is 0 Å². The van der Waals surface area contributed by atoms with Crippen molar-refractivity contribution in [1.29, 1.82) is 0 Å². The van der Waals surface area contributed by atoms with E-state index in [4.69, 9.17) is 5.73 Å². The van der Waals surface area contributed by atoms with Crippen LogP contribution in [0.4, 0.5) is 0 Å². The fraction of sp³-hybridized carbons (Fsp3) is 0.250. The molecule has 64 valence electrons. The summed E-state index contributed by atoms with van der Waals surface area (Å²) >= 11 is 0. The molecular formula is C8H12N4. The van der Waals surface area contributed by atoms with Gasteiger partial charge in [-0.1, -0.05) is 12.2 Å². The van der Waals surface area contributed by atoms with Crippen LogP contribution in [0.2, 0.25) is 0 Å². The molecule has 0 spiro atoms. The van der Waals surface area contributed by atoms with Gasteiger partial charge in [0.25, 0.3) is 0 Å². The Bertz CT molecular complexity index is 281. The highest BCUT2D eigenvalue weighted by molar-refractivity contribution is 6.01. The molecule has 0 unspecified atom stereocenters. The maximum absolute atomic E-state index is 5.53. The number of nitrogens with zero attached hydrogens (tertiary/aromatic N) is 3. The number of hydrogen-bond donors (Lipinski definition) is 1. The van der Waals surface area contributed by atoms with Crippen molar-refractivity contribution in [2.45, 2.75) is 13.8 Å². The first-order valence-electron chi connectivity index (χ1n) is 3.60. The molecule has 1 heterocycles. The Morgan fingerprint density at radius 3 is 2.92 bits per heavy atom. The molecule has 0 aromatic carbocycles. The number of hydrazone groups is 1. The van der Waals surface area contributed by atoms with Crippen LogP contribution in [0, 0.1) is 0 Å². The summed E-state index contributed by atoms with van der Waals surface area (Å²) in [7, 11) is 0. The molecule has 0 aromatic heterocycles. The normalized spacial score (nSPS) is 16.0. The summed E-state index contributed by atoms with van der Waals surface area (Å²) in [6.07, 6.45) is 3.25. The lowest BCUT2D eigenvalue weighted by atomic mass is 10.3. The van der Waals surface area contributed by atoms with Crippen LogP contribution in [0.25, 0.3) is 0 Å². The maximum Gasteiger partial charge on any atom is 0.150 e. The molecule has 12 heavy (non-hydrogen) atoms. The molecule has 0 saturated carbocycles. The van der Waals surface area contributed by atoms with Crippen molar-refractivity contribution in [3.63, 3.8) is 0 Å². The van der Waals surface area contributed by atoms with Gasteiger partial charge in [0, 0.05) is 6.20 Å². The second-order valence-corrected chi connectivity index (χ2v) is 2.74. The lowest BCUT2D eigenvalue weighted by molar-refractivity contribution is 0.516. The van der Waals surface area contributed by atoms with Gasteiger partial charge in [-0.15, -0.1) is 0 Å². The topological polar surface area (TPSA) is 54.0 Å². The summed E-state index contributed by atoms with van der Waals surface area (Å²) in [5.74, 6) is 0.405. The zero-order chi connectivity index (χ0) is 9.14. The summed E-state index contributed by atoms with van der Waals surface area (Å²) in [6.45, 7) is 7.70. The molecule has 0 aliphatic carbocycles. The molecule has 0 radical (unpaired) electrons. The lowest BCUT2D eigenvalue weighted by Crippen LogP contribution is -2.27. The molecule has 0 amide bonds. The Hall–Kier alpha value is -1.58. The minimum Gasteiger partial charge on any atom is -0.382 e. The van der Waals surface area contributed by atoms with Crippen molar-refractivity contribution in [2.75, 3.05) is 0 Å². The van der Waals surface area contributed by atoms with Gasteiger partial charge in [-0.25, -0.2) is 10.0 Å². The molecule has 0 atom stereocenters. The van der Waals surface area contributed by atoms with Crippen LogP contribution in [-0.2, 0) is 0 Å². The number of amidine groups is 1. The first-order chi connectivity index (χ1) is 5.61. The van der Waals surface area contributed by atoms with Crippen LogP contribution in [-0.4, -0.2) is 17.2 Å². The van der Waals surface area contributed by atoms with Gasteiger partial charge in [-0.2, -0.15) is 5.10 Å². The predicted octanol–water partition coefficient (Wildman–Crippen LogP) is 1.04. The van der Waals surface area contributed by atoms with Gasteiger partial charge in [-0.05, 0) is 13.8 Å². The van der Waals surface area contributed by atoms with Crippen LogP contribution in [0.15, 0.2) is 34.1 Å². The number of hydrogen-bond acceptors (Lipinski definition) is 4. The van der Waals surface area contributed by atoms with Gasteiger partial charge >= 0.3 is 0 Å². The molecule has 1 aliphatic heterocycles. The number of allylic oxidation sites excluding steroid dienone is 1. The fourth-order valence-corrected chi connectivity index (χ4v) is 0.761. The average Bonchev–Trinajstić information content (AvgIpc) is 1.98. The Balaban J connectivity index is 2.84. The van der Waals surface area contributed by atoms with Gasteiger partial charge < -0.3 is 5.73 Å². The third-order valence-corrected chi connectivity index (χ3v) is 1.33.